The van der Waals surface area contributed by atoms with Crippen LogP contribution < -0.4 is 5.32 Å². The summed E-state index contributed by atoms with van der Waals surface area (Å²) in [5.74, 6) is 1.03. The molecule has 2 aromatic carbocycles. The zero-order valence-corrected chi connectivity index (χ0v) is 17.4. The fourth-order valence-electron chi connectivity index (χ4n) is 3.99. The van der Waals surface area contributed by atoms with Crippen molar-refractivity contribution in [3.8, 4) is 11.5 Å². The fraction of sp³-hybridized carbons (Fsp3) is 0.292. The summed E-state index contributed by atoms with van der Waals surface area (Å²) in [5, 5.41) is 2.97. The zero-order chi connectivity index (χ0) is 21.3. The van der Waals surface area contributed by atoms with Crippen LogP contribution in [-0.2, 0) is 16.9 Å². The van der Waals surface area contributed by atoms with Crippen LogP contribution in [0, 0.1) is 12.8 Å². The molecule has 0 radical (unpaired) electrons. The van der Waals surface area contributed by atoms with Crippen LogP contribution in [0.15, 0.2) is 65.1 Å². The van der Waals surface area contributed by atoms with Crippen LogP contribution in [-0.4, -0.2) is 21.8 Å². The average molecular weight is 403 g/mol. The number of benzene rings is 2. The van der Waals surface area contributed by atoms with E-state index in [2.05, 4.69) is 10.3 Å². The summed E-state index contributed by atoms with van der Waals surface area (Å²) in [6.45, 7) is 5.95. The Hall–Kier alpha value is -3.41. The molecule has 0 saturated carbocycles. The Labute approximate surface area is 175 Å². The first-order chi connectivity index (χ1) is 14.4. The highest BCUT2D eigenvalue weighted by molar-refractivity contribution is 6.07. The monoisotopic (exact) mass is 403 g/mol. The number of nitrogens with one attached hydrogen (secondary N) is 1. The number of oxazole rings is 1. The number of carbonyl (C=O) groups is 2. The molecule has 4 rings (SSSR count). The maximum atomic E-state index is 13.6. The highest BCUT2D eigenvalue weighted by atomic mass is 16.4. The predicted octanol–water partition coefficient (Wildman–Crippen LogP) is 4.64. The van der Waals surface area contributed by atoms with E-state index in [4.69, 9.17) is 4.42 Å². The van der Waals surface area contributed by atoms with Crippen LogP contribution >= 0.6 is 0 Å². The topological polar surface area (TPSA) is 75.4 Å². The van der Waals surface area contributed by atoms with Crippen molar-refractivity contribution in [2.45, 2.75) is 39.3 Å². The molecule has 1 N–H and O–H groups in total. The van der Waals surface area contributed by atoms with Crippen molar-refractivity contribution < 1.29 is 14.0 Å². The van der Waals surface area contributed by atoms with Gasteiger partial charge in [-0.15, -0.1) is 0 Å². The second-order valence-corrected chi connectivity index (χ2v) is 8.08. The smallest absolute Gasteiger partial charge is 0.325 e. The van der Waals surface area contributed by atoms with Crippen molar-refractivity contribution in [1.29, 1.82) is 0 Å². The van der Waals surface area contributed by atoms with E-state index >= 15 is 0 Å². The molecule has 154 valence electrons. The van der Waals surface area contributed by atoms with Gasteiger partial charge in [0.05, 0.1) is 6.54 Å². The summed E-state index contributed by atoms with van der Waals surface area (Å²) in [7, 11) is 0. The molecule has 1 fully saturated rings. The Morgan fingerprint density at radius 3 is 2.30 bits per heavy atom. The molecule has 1 aromatic heterocycles. The Bertz CT molecular complexity index is 1060. The van der Waals surface area contributed by atoms with Crippen molar-refractivity contribution in [3.63, 3.8) is 0 Å². The molecule has 30 heavy (non-hydrogen) atoms. The van der Waals surface area contributed by atoms with Crippen LogP contribution in [0.5, 0.6) is 0 Å². The SMILES string of the molecule is Cc1oc(-c2ccccc2)nc1CN1C(=O)NC(CC(C)C)(c2ccccc2)C1=O. The molecule has 1 unspecified atom stereocenters. The number of rotatable bonds is 6. The third-order valence-corrected chi connectivity index (χ3v) is 5.38. The molecule has 1 atom stereocenters. The molecular weight excluding hydrogens is 378 g/mol. The third kappa shape index (κ3) is 3.49. The van der Waals surface area contributed by atoms with E-state index < -0.39 is 11.6 Å². The van der Waals surface area contributed by atoms with Crippen molar-refractivity contribution >= 4 is 11.9 Å². The highest BCUT2D eigenvalue weighted by Crippen LogP contribution is 2.36. The molecule has 3 aromatic rings. The minimum Gasteiger partial charge on any atom is -0.441 e. The largest absolute Gasteiger partial charge is 0.441 e. The summed E-state index contributed by atoms with van der Waals surface area (Å²) in [4.78, 5) is 32.2. The van der Waals surface area contributed by atoms with Crippen molar-refractivity contribution in [1.82, 2.24) is 15.2 Å². The molecular formula is C24H25N3O3. The Balaban J connectivity index is 1.65. The van der Waals surface area contributed by atoms with Gasteiger partial charge in [0.15, 0.2) is 0 Å². The first kappa shape index (κ1) is 19.9. The predicted molar refractivity (Wildman–Crippen MR) is 113 cm³/mol. The number of aromatic nitrogens is 1. The first-order valence-corrected chi connectivity index (χ1v) is 10.1. The second kappa shape index (κ2) is 7.78. The lowest BCUT2D eigenvalue weighted by Crippen LogP contribution is -2.45. The second-order valence-electron chi connectivity index (χ2n) is 8.08. The molecule has 1 saturated heterocycles. The number of carbonyl (C=O) groups excluding carboxylic acids is 2. The number of imide groups is 1. The molecule has 6 heteroatoms. The van der Waals surface area contributed by atoms with Gasteiger partial charge >= 0.3 is 6.03 Å². The standard InChI is InChI=1S/C24H25N3O3/c1-16(2)14-24(19-12-8-5-9-13-19)22(28)27(23(29)26-24)15-20-17(3)30-21(25-20)18-10-6-4-7-11-18/h4-13,16H,14-15H2,1-3H3,(H,26,29). The number of amides is 3. The Morgan fingerprint density at radius 2 is 1.67 bits per heavy atom. The van der Waals surface area contributed by atoms with E-state index in [-0.39, 0.29) is 18.4 Å². The lowest BCUT2D eigenvalue weighted by atomic mass is 9.82. The molecule has 2 heterocycles. The van der Waals surface area contributed by atoms with Crippen molar-refractivity contribution in [3.05, 3.63) is 77.7 Å². The van der Waals surface area contributed by atoms with Gasteiger partial charge in [-0.25, -0.2) is 9.78 Å². The quantitative estimate of drug-likeness (QED) is 0.608. The molecule has 0 spiro atoms. The summed E-state index contributed by atoms with van der Waals surface area (Å²) < 4.78 is 5.80. The summed E-state index contributed by atoms with van der Waals surface area (Å²) in [6.07, 6.45) is 0.519. The Kier molecular flexibility index (Phi) is 5.16. The van der Waals surface area contributed by atoms with Crippen LogP contribution in [0.1, 0.15) is 37.3 Å². The van der Waals surface area contributed by atoms with Gasteiger partial charge in [-0.2, -0.15) is 0 Å². The van der Waals surface area contributed by atoms with Gasteiger partial charge in [0.1, 0.15) is 17.0 Å². The van der Waals surface area contributed by atoms with Crippen LogP contribution in [0.3, 0.4) is 0 Å². The van der Waals surface area contributed by atoms with E-state index in [0.29, 0.717) is 23.8 Å². The number of hydrogen-bond acceptors (Lipinski definition) is 4. The van der Waals surface area contributed by atoms with Gasteiger partial charge in [-0.1, -0.05) is 62.4 Å². The van der Waals surface area contributed by atoms with Gasteiger partial charge in [0.2, 0.25) is 5.89 Å². The normalized spacial score (nSPS) is 18.9. The number of hydrogen-bond donors (Lipinski definition) is 1. The molecule has 1 aliphatic heterocycles. The lowest BCUT2D eigenvalue weighted by molar-refractivity contribution is -0.132. The van der Waals surface area contributed by atoms with E-state index in [1.54, 1.807) is 6.92 Å². The summed E-state index contributed by atoms with van der Waals surface area (Å²) >= 11 is 0. The number of urea groups is 1. The van der Waals surface area contributed by atoms with E-state index in [1.165, 1.54) is 4.90 Å². The van der Waals surface area contributed by atoms with Gasteiger partial charge in [0, 0.05) is 5.56 Å². The fourth-order valence-corrected chi connectivity index (χ4v) is 3.99. The molecule has 1 aliphatic rings. The summed E-state index contributed by atoms with van der Waals surface area (Å²) in [5.41, 5.74) is 1.15. The third-order valence-electron chi connectivity index (χ3n) is 5.38. The highest BCUT2D eigenvalue weighted by Gasteiger charge is 2.52. The minimum absolute atomic E-state index is 0.0690. The van der Waals surface area contributed by atoms with Gasteiger partial charge < -0.3 is 9.73 Å². The van der Waals surface area contributed by atoms with E-state index in [9.17, 15) is 9.59 Å². The van der Waals surface area contributed by atoms with Crippen LogP contribution in [0.25, 0.3) is 11.5 Å². The zero-order valence-electron chi connectivity index (χ0n) is 17.4. The van der Waals surface area contributed by atoms with Gasteiger partial charge in [-0.3, -0.25) is 9.69 Å². The Morgan fingerprint density at radius 1 is 1.03 bits per heavy atom. The molecule has 0 bridgehead atoms. The van der Waals surface area contributed by atoms with Gasteiger partial charge in [-0.05, 0) is 37.0 Å². The van der Waals surface area contributed by atoms with Crippen molar-refractivity contribution in [2.24, 2.45) is 5.92 Å². The maximum absolute atomic E-state index is 13.6. The molecule has 0 aliphatic carbocycles. The summed E-state index contributed by atoms with van der Waals surface area (Å²) in [6, 6.07) is 18.6. The van der Waals surface area contributed by atoms with E-state index in [1.807, 2.05) is 74.5 Å². The maximum Gasteiger partial charge on any atom is 0.325 e. The van der Waals surface area contributed by atoms with Crippen LogP contribution in [0.2, 0.25) is 0 Å². The van der Waals surface area contributed by atoms with E-state index in [0.717, 1.165) is 11.1 Å². The minimum atomic E-state index is -1.06. The molecule has 3 amide bonds. The lowest BCUT2D eigenvalue weighted by Gasteiger charge is -2.29. The first-order valence-electron chi connectivity index (χ1n) is 10.1. The van der Waals surface area contributed by atoms with Gasteiger partial charge in [0.25, 0.3) is 5.91 Å². The number of nitrogens with zero attached hydrogens (tertiary/aromatic N) is 2. The average Bonchev–Trinajstić information content (AvgIpc) is 3.22. The number of aryl methyl sites for hydroxylation is 1. The van der Waals surface area contributed by atoms with Crippen molar-refractivity contribution in [2.75, 3.05) is 0 Å². The van der Waals surface area contributed by atoms with Crippen LogP contribution in [0.4, 0.5) is 4.79 Å². The molecule has 6 nitrogen and oxygen atoms in total.